The van der Waals surface area contributed by atoms with Crippen LogP contribution in [0.1, 0.15) is 15.9 Å². The second-order valence-corrected chi connectivity index (χ2v) is 4.26. The van der Waals surface area contributed by atoms with Crippen molar-refractivity contribution in [3.8, 4) is 0 Å². The molecule has 0 aliphatic carbocycles. The number of benzene rings is 2. The zero-order valence-corrected chi connectivity index (χ0v) is 10.5. The fourth-order valence-electron chi connectivity index (χ4n) is 1.69. The van der Waals surface area contributed by atoms with E-state index in [0.717, 1.165) is 18.2 Å². The Morgan fingerprint density at radius 1 is 1.10 bits per heavy atom. The maximum Gasteiger partial charge on any atom is 0.416 e. The van der Waals surface area contributed by atoms with E-state index in [2.05, 4.69) is 5.32 Å². The summed E-state index contributed by atoms with van der Waals surface area (Å²) in [5.41, 5.74) is 4.23. The lowest BCUT2D eigenvalue weighted by Crippen LogP contribution is -2.16. The van der Waals surface area contributed by atoms with Crippen LogP contribution in [0.3, 0.4) is 0 Å². The summed E-state index contributed by atoms with van der Waals surface area (Å²) in [6.07, 6.45) is -4.58. The third-order valence-corrected chi connectivity index (χ3v) is 2.71. The molecule has 0 bridgehead atoms. The molecule has 7 heteroatoms. The Balaban J connectivity index is 2.31. The van der Waals surface area contributed by atoms with Crippen molar-refractivity contribution in [2.24, 2.45) is 0 Å². The van der Waals surface area contributed by atoms with Gasteiger partial charge in [0.1, 0.15) is 5.82 Å². The number of nitrogen functional groups attached to an aromatic ring is 1. The first-order valence-electron chi connectivity index (χ1n) is 5.81. The van der Waals surface area contributed by atoms with Gasteiger partial charge in [-0.3, -0.25) is 4.79 Å². The Kier molecular flexibility index (Phi) is 3.84. The van der Waals surface area contributed by atoms with Crippen molar-refractivity contribution in [1.29, 1.82) is 0 Å². The molecular formula is C14H10F4N2O. The van der Waals surface area contributed by atoms with Crippen molar-refractivity contribution in [2.45, 2.75) is 6.18 Å². The molecule has 0 aromatic heterocycles. The minimum absolute atomic E-state index is 0.100. The zero-order chi connectivity index (χ0) is 15.6. The Bertz CT molecular complexity index is 683. The average molecular weight is 298 g/mol. The Hall–Kier alpha value is -2.57. The summed E-state index contributed by atoms with van der Waals surface area (Å²) in [5, 5.41) is 2.29. The largest absolute Gasteiger partial charge is 0.416 e. The molecule has 0 spiro atoms. The minimum atomic E-state index is -4.58. The highest BCUT2D eigenvalue weighted by atomic mass is 19.4. The molecule has 1 amide bonds. The van der Waals surface area contributed by atoms with E-state index in [1.54, 1.807) is 0 Å². The zero-order valence-electron chi connectivity index (χ0n) is 10.5. The smallest absolute Gasteiger partial charge is 0.398 e. The van der Waals surface area contributed by atoms with Crippen molar-refractivity contribution in [3.63, 3.8) is 0 Å². The highest BCUT2D eigenvalue weighted by Gasteiger charge is 2.31. The number of hydrogen-bond donors (Lipinski definition) is 2. The van der Waals surface area contributed by atoms with Crippen LogP contribution in [0.15, 0.2) is 42.5 Å². The fraction of sp³-hybridized carbons (Fsp3) is 0.0714. The molecule has 2 aromatic rings. The van der Waals surface area contributed by atoms with Gasteiger partial charge in [-0.05, 0) is 36.4 Å². The summed E-state index contributed by atoms with van der Waals surface area (Å²) < 4.78 is 50.9. The van der Waals surface area contributed by atoms with Crippen LogP contribution in [0.5, 0.6) is 0 Å². The van der Waals surface area contributed by atoms with E-state index in [0.29, 0.717) is 6.07 Å². The molecule has 0 atom stereocenters. The van der Waals surface area contributed by atoms with E-state index < -0.39 is 23.5 Å². The van der Waals surface area contributed by atoms with Gasteiger partial charge in [-0.1, -0.05) is 6.07 Å². The van der Waals surface area contributed by atoms with Crippen LogP contribution >= 0.6 is 0 Å². The summed E-state index contributed by atoms with van der Waals surface area (Å²) >= 11 is 0. The lowest BCUT2D eigenvalue weighted by molar-refractivity contribution is -0.137. The Morgan fingerprint density at radius 3 is 2.43 bits per heavy atom. The number of halogens is 4. The van der Waals surface area contributed by atoms with Gasteiger partial charge in [0.25, 0.3) is 5.91 Å². The van der Waals surface area contributed by atoms with Gasteiger partial charge in [0.15, 0.2) is 0 Å². The van der Waals surface area contributed by atoms with E-state index in [-0.39, 0.29) is 16.9 Å². The van der Waals surface area contributed by atoms with Crippen LogP contribution in [0.4, 0.5) is 28.9 Å². The average Bonchev–Trinajstić information content (AvgIpc) is 2.37. The van der Waals surface area contributed by atoms with Crippen molar-refractivity contribution in [2.75, 3.05) is 11.1 Å². The van der Waals surface area contributed by atoms with Crippen molar-refractivity contribution in [1.82, 2.24) is 0 Å². The van der Waals surface area contributed by atoms with Gasteiger partial charge < -0.3 is 11.1 Å². The van der Waals surface area contributed by atoms with E-state index in [9.17, 15) is 22.4 Å². The molecule has 21 heavy (non-hydrogen) atoms. The number of nitrogens with one attached hydrogen (secondary N) is 1. The predicted octanol–water partition coefficient (Wildman–Crippen LogP) is 3.68. The van der Waals surface area contributed by atoms with Crippen LogP contribution in [0.2, 0.25) is 0 Å². The normalized spacial score (nSPS) is 11.2. The quantitative estimate of drug-likeness (QED) is 0.656. The summed E-state index contributed by atoms with van der Waals surface area (Å²) in [7, 11) is 0. The van der Waals surface area contributed by atoms with E-state index in [1.807, 2.05) is 0 Å². The SMILES string of the molecule is Nc1ccc(C(F)(F)F)cc1C(=O)Nc1cccc(F)c1. The maximum atomic E-state index is 13.0. The predicted molar refractivity (Wildman–Crippen MR) is 70.2 cm³/mol. The Labute approximate surface area is 117 Å². The highest BCUT2D eigenvalue weighted by molar-refractivity contribution is 6.07. The van der Waals surface area contributed by atoms with Crippen LogP contribution in [0.25, 0.3) is 0 Å². The molecule has 0 unspecified atom stereocenters. The molecule has 0 aliphatic rings. The molecule has 0 heterocycles. The minimum Gasteiger partial charge on any atom is -0.398 e. The monoisotopic (exact) mass is 298 g/mol. The maximum absolute atomic E-state index is 13.0. The number of alkyl halides is 3. The number of rotatable bonds is 2. The first kappa shape index (κ1) is 14.8. The van der Waals surface area contributed by atoms with Crippen molar-refractivity contribution < 1.29 is 22.4 Å². The van der Waals surface area contributed by atoms with E-state index >= 15 is 0 Å². The van der Waals surface area contributed by atoms with Crippen LogP contribution in [-0.4, -0.2) is 5.91 Å². The number of carbonyl (C=O) groups excluding carboxylic acids is 1. The lowest BCUT2D eigenvalue weighted by Gasteiger charge is -2.11. The molecule has 3 N–H and O–H groups in total. The molecule has 110 valence electrons. The Morgan fingerprint density at radius 2 is 1.81 bits per heavy atom. The first-order chi connectivity index (χ1) is 9.77. The summed E-state index contributed by atoms with van der Waals surface area (Å²) in [5.74, 6) is -1.42. The molecule has 0 saturated heterocycles. The van der Waals surface area contributed by atoms with Crippen molar-refractivity contribution >= 4 is 17.3 Å². The van der Waals surface area contributed by atoms with Gasteiger partial charge in [0.2, 0.25) is 0 Å². The second kappa shape index (κ2) is 5.43. The van der Waals surface area contributed by atoms with Gasteiger partial charge in [0.05, 0.1) is 11.1 Å². The highest BCUT2D eigenvalue weighted by Crippen LogP contribution is 2.31. The van der Waals surface area contributed by atoms with Gasteiger partial charge in [-0.2, -0.15) is 13.2 Å². The molecule has 3 nitrogen and oxygen atoms in total. The van der Waals surface area contributed by atoms with E-state index in [1.165, 1.54) is 18.2 Å². The van der Waals surface area contributed by atoms with Gasteiger partial charge in [-0.25, -0.2) is 4.39 Å². The third-order valence-electron chi connectivity index (χ3n) is 2.71. The summed E-state index contributed by atoms with van der Waals surface area (Å²) in [4.78, 5) is 11.9. The molecular weight excluding hydrogens is 288 g/mol. The molecule has 2 rings (SSSR count). The second-order valence-electron chi connectivity index (χ2n) is 4.26. The topological polar surface area (TPSA) is 55.1 Å². The number of anilines is 2. The molecule has 0 radical (unpaired) electrons. The molecule has 0 fully saturated rings. The van der Waals surface area contributed by atoms with E-state index in [4.69, 9.17) is 5.73 Å². The first-order valence-corrected chi connectivity index (χ1v) is 5.81. The van der Waals surface area contributed by atoms with Crippen molar-refractivity contribution in [3.05, 3.63) is 59.4 Å². The van der Waals surface area contributed by atoms with Crippen LogP contribution in [0, 0.1) is 5.82 Å². The summed E-state index contributed by atoms with van der Waals surface area (Å²) in [6.45, 7) is 0. The summed E-state index contributed by atoms with van der Waals surface area (Å²) in [6, 6.07) is 7.43. The molecule has 2 aromatic carbocycles. The van der Waals surface area contributed by atoms with Gasteiger partial charge in [0, 0.05) is 11.4 Å². The number of hydrogen-bond acceptors (Lipinski definition) is 2. The molecule has 0 aliphatic heterocycles. The number of nitrogens with two attached hydrogens (primary N) is 1. The van der Waals surface area contributed by atoms with Gasteiger partial charge in [-0.15, -0.1) is 0 Å². The molecule has 0 saturated carbocycles. The lowest BCUT2D eigenvalue weighted by atomic mass is 10.1. The standard InChI is InChI=1S/C14H10F4N2O/c15-9-2-1-3-10(7-9)20-13(21)11-6-8(14(16,17)18)4-5-12(11)19/h1-7H,19H2,(H,20,21). The fourth-order valence-corrected chi connectivity index (χ4v) is 1.69. The van der Waals surface area contributed by atoms with Crippen LogP contribution in [-0.2, 0) is 6.18 Å². The number of carbonyl (C=O) groups is 1. The number of amides is 1. The van der Waals surface area contributed by atoms with Crippen LogP contribution < -0.4 is 11.1 Å². The van der Waals surface area contributed by atoms with Gasteiger partial charge >= 0.3 is 6.18 Å². The third kappa shape index (κ3) is 3.50.